The molecule has 2 bridgehead atoms. The van der Waals surface area contributed by atoms with E-state index in [4.69, 9.17) is 21.9 Å². The maximum absolute atomic E-state index is 6.20. The first-order chi connectivity index (χ1) is 22.6. The van der Waals surface area contributed by atoms with Crippen LogP contribution in [-0.2, 0) is 11.8 Å². The van der Waals surface area contributed by atoms with E-state index in [0.717, 1.165) is 47.8 Å². The summed E-state index contributed by atoms with van der Waals surface area (Å²) in [7, 11) is 1.73. The summed E-state index contributed by atoms with van der Waals surface area (Å²) in [4.78, 5) is 7.40. The molecule has 8 rings (SSSR count). The Kier molecular flexibility index (Phi) is 8.88. The molecular formula is C41H54N4OS. The second-order valence-electron chi connectivity index (χ2n) is 15.9. The zero-order chi connectivity index (χ0) is 32.9. The van der Waals surface area contributed by atoms with Crippen molar-refractivity contribution in [2.45, 2.75) is 96.1 Å². The van der Waals surface area contributed by atoms with Crippen molar-refractivity contribution in [1.29, 1.82) is 0 Å². The molecule has 0 radical (unpaired) electrons. The van der Waals surface area contributed by atoms with Gasteiger partial charge in [-0.1, -0.05) is 58.4 Å². The molecule has 4 fully saturated rings. The molecule has 4 heterocycles. The summed E-state index contributed by atoms with van der Waals surface area (Å²) >= 11 is 6.20. The molecule has 1 aromatic heterocycles. The van der Waals surface area contributed by atoms with Crippen molar-refractivity contribution < 1.29 is 4.74 Å². The molecule has 1 saturated carbocycles. The van der Waals surface area contributed by atoms with E-state index in [1.165, 1.54) is 49.7 Å². The number of piperidine rings is 3. The van der Waals surface area contributed by atoms with Gasteiger partial charge in [0.15, 0.2) is 5.11 Å². The Morgan fingerprint density at radius 3 is 2.74 bits per heavy atom. The standard InChI is InChI=1S/C41H54N4OS/c1-7-27-24-45-20-16-29(27)22-36(45)38(32-15-19-42-35-13-11-31(46-6)23-33(32)35)44-39(47)43-25-40(4)17-8-18-41(5)34-12-9-28(26(2)3)21-30(34)10-14-37(40)41/h7,9,11-13,15,19,21,23,26-27,29,36-38H,1,8,10,14,16-18,20,22,24-25H2,2-6H3,(H2,43,44,47)/t27-,29-,36+,37-,38-,40-,41+/m0/s1. The molecule has 0 amide bonds. The smallest absolute Gasteiger partial charge is 0.166 e. The van der Waals surface area contributed by atoms with Crippen molar-refractivity contribution in [2.75, 3.05) is 26.7 Å². The molecule has 6 heteroatoms. The Balaban J connectivity index is 1.14. The fourth-order valence-corrected chi connectivity index (χ4v) is 10.5. The zero-order valence-electron chi connectivity index (χ0n) is 29.1. The Morgan fingerprint density at radius 2 is 2.00 bits per heavy atom. The third kappa shape index (κ3) is 5.88. The van der Waals surface area contributed by atoms with Gasteiger partial charge in [0.25, 0.3) is 0 Å². The summed E-state index contributed by atoms with van der Waals surface area (Å²) in [5.41, 5.74) is 7.27. The first kappa shape index (κ1) is 32.6. The summed E-state index contributed by atoms with van der Waals surface area (Å²) < 4.78 is 5.66. The lowest BCUT2D eigenvalue weighted by Crippen LogP contribution is -2.59. The number of hydrogen-bond donors (Lipinski definition) is 2. The molecule has 3 aromatic rings. The minimum absolute atomic E-state index is 0.0438. The van der Waals surface area contributed by atoms with Crippen molar-refractivity contribution in [3.05, 3.63) is 83.6 Å². The highest BCUT2D eigenvalue weighted by Crippen LogP contribution is 2.57. The van der Waals surface area contributed by atoms with Crippen molar-refractivity contribution in [3.8, 4) is 5.75 Å². The molecule has 5 nitrogen and oxygen atoms in total. The summed E-state index contributed by atoms with van der Waals surface area (Å²) in [6.45, 7) is 17.0. The number of benzene rings is 2. The minimum Gasteiger partial charge on any atom is -0.497 e. The highest BCUT2D eigenvalue weighted by molar-refractivity contribution is 7.80. The topological polar surface area (TPSA) is 49.4 Å². The van der Waals surface area contributed by atoms with Crippen molar-refractivity contribution in [1.82, 2.24) is 20.5 Å². The molecule has 2 aromatic carbocycles. The first-order valence-corrected chi connectivity index (χ1v) is 18.5. The number of ether oxygens (including phenoxy) is 1. The maximum Gasteiger partial charge on any atom is 0.166 e. The SMILES string of the molecule is C=C[C@H]1CN2CC[C@H]1C[C@@H]2[C@@H](NC(=S)NC[C@]1(C)CCC[C@]2(C)c3ccc(C(C)C)cc3CC[C@@H]12)c1ccnc2ccc(OC)cc12. The van der Waals surface area contributed by atoms with E-state index in [9.17, 15) is 0 Å². The van der Waals surface area contributed by atoms with Crippen LogP contribution in [-0.4, -0.2) is 47.8 Å². The minimum atomic E-state index is 0.0438. The molecule has 8 atom stereocenters. The highest BCUT2D eigenvalue weighted by Gasteiger charge is 2.52. The fraction of sp³-hybridized carbons (Fsp3) is 0.561. The molecular weight excluding hydrogens is 597 g/mol. The predicted molar refractivity (Wildman–Crippen MR) is 198 cm³/mol. The molecule has 3 saturated heterocycles. The molecule has 47 heavy (non-hydrogen) atoms. The van der Waals surface area contributed by atoms with Gasteiger partial charge in [0.1, 0.15) is 5.75 Å². The molecule has 250 valence electrons. The monoisotopic (exact) mass is 650 g/mol. The van der Waals surface area contributed by atoms with Crippen LogP contribution in [0, 0.1) is 23.2 Å². The molecule has 2 N–H and O–H groups in total. The third-order valence-corrected chi connectivity index (χ3v) is 13.2. The van der Waals surface area contributed by atoms with Gasteiger partial charge in [0.05, 0.1) is 18.7 Å². The lowest BCUT2D eigenvalue weighted by Gasteiger charge is -2.56. The van der Waals surface area contributed by atoms with Gasteiger partial charge in [-0.15, -0.1) is 6.58 Å². The van der Waals surface area contributed by atoms with Crippen molar-refractivity contribution in [3.63, 3.8) is 0 Å². The second-order valence-corrected chi connectivity index (χ2v) is 16.3. The average molecular weight is 651 g/mol. The summed E-state index contributed by atoms with van der Waals surface area (Å²) in [5, 5.41) is 9.61. The maximum atomic E-state index is 6.20. The number of nitrogens with zero attached hydrogens (tertiary/aromatic N) is 2. The van der Waals surface area contributed by atoms with Gasteiger partial charge >= 0.3 is 0 Å². The largest absolute Gasteiger partial charge is 0.497 e. The molecule has 2 aliphatic carbocycles. The van der Waals surface area contributed by atoms with Crippen molar-refractivity contribution in [2.24, 2.45) is 23.2 Å². The normalized spacial score (nSPS) is 31.9. The Morgan fingerprint density at radius 1 is 1.15 bits per heavy atom. The number of aryl methyl sites for hydroxylation is 1. The van der Waals surface area contributed by atoms with Gasteiger partial charge < -0.3 is 15.4 Å². The fourth-order valence-electron chi connectivity index (χ4n) is 10.3. The van der Waals surface area contributed by atoms with Gasteiger partial charge in [0, 0.05) is 30.7 Å². The van der Waals surface area contributed by atoms with Crippen LogP contribution in [0.3, 0.4) is 0 Å². The van der Waals surface area contributed by atoms with Crippen LogP contribution in [0.2, 0.25) is 0 Å². The van der Waals surface area contributed by atoms with Crippen LogP contribution >= 0.6 is 12.2 Å². The number of thiocarbonyl (C=S) groups is 1. The van der Waals surface area contributed by atoms with E-state index in [0.29, 0.717) is 29.7 Å². The van der Waals surface area contributed by atoms with E-state index >= 15 is 0 Å². The van der Waals surface area contributed by atoms with Crippen LogP contribution in [0.5, 0.6) is 5.75 Å². The number of aromatic nitrogens is 1. The third-order valence-electron chi connectivity index (χ3n) is 13.0. The van der Waals surface area contributed by atoms with Crippen LogP contribution in [0.25, 0.3) is 10.9 Å². The number of hydrogen-bond acceptors (Lipinski definition) is 4. The van der Waals surface area contributed by atoms with Gasteiger partial charge in [-0.2, -0.15) is 0 Å². The summed E-state index contributed by atoms with van der Waals surface area (Å²) in [6, 6.07) is 16.2. The average Bonchev–Trinajstić information content (AvgIpc) is 3.09. The van der Waals surface area contributed by atoms with Crippen molar-refractivity contribution >= 4 is 28.2 Å². The summed E-state index contributed by atoms with van der Waals surface area (Å²) in [6.07, 6.45) is 12.7. The van der Waals surface area contributed by atoms with Gasteiger partial charge in [-0.3, -0.25) is 9.88 Å². The molecule has 5 aliphatic rings. The lowest BCUT2D eigenvalue weighted by atomic mass is 9.49. The van der Waals surface area contributed by atoms with Crippen LogP contribution in [0.1, 0.15) is 100 Å². The van der Waals surface area contributed by atoms with E-state index < -0.39 is 0 Å². The molecule has 1 unspecified atom stereocenters. The second kappa shape index (κ2) is 12.8. The Bertz CT molecular complexity index is 1650. The van der Waals surface area contributed by atoms with Crippen LogP contribution in [0.15, 0.2) is 61.3 Å². The molecule has 3 aliphatic heterocycles. The van der Waals surface area contributed by atoms with Gasteiger partial charge in [0.2, 0.25) is 0 Å². The highest BCUT2D eigenvalue weighted by atomic mass is 32.1. The lowest BCUT2D eigenvalue weighted by molar-refractivity contribution is 0.00407. The van der Waals surface area contributed by atoms with E-state index in [1.54, 1.807) is 18.2 Å². The Hall–Kier alpha value is -2.96. The quantitative estimate of drug-likeness (QED) is 0.188. The van der Waals surface area contributed by atoms with Crippen LogP contribution < -0.4 is 15.4 Å². The van der Waals surface area contributed by atoms with Gasteiger partial charge in [-0.25, -0.2) is 0 Å². The Labute approximate surface area is 287 Å². The number of fused-ring (bicyclic) bond motifs is 7. The number of pyridine rings is 1. The number of nitrogens with one attached hydrogen (secondary N) is 2. The van der Waals surface area contributed by atoms with Crippen LogP contribution in [0.4, 0.5) is 0 Å². The van der Waals surface area contributed by atoms with E-state index in [1.807, 2.05) is 12.3 Å². The predicted octanol–water partition coefficient (Wildman–Crippen LogP) is 8.48. The summed E-state index contributed by atoms with van der Waals surface area (Å²) in [5.74, 6) is 3.28. The van der Waals surface area contributed by atoms with Gasteiger partial charge in [-0.05, 0) is 138 Å². The number of rotatable bonds is 8. The first-order valence-electron chi connectivity index (χ1n) is 18.1. The van der Waals surface area contributed by atoms with E-state index in [2.05, 4.69) is 92.3 Å². The van der Waals surface area contributed by atoms with E-state index in [-0.39, 0.29) is 16.9 Å². The number of methoxy groups -OCH3 is 1. The molecule has 0 spiro atoms. The zero-order valence-corrected chi connectivity index (χ0v) is 30.0.